The number of nitrogens with one attached hydrogen (secondary N) is 1. The topological polar surface area (TPSA) is 107 Å². The maximum absolute atomic E-state index is 13.1. The van der Waals surface area contributed by atoms with Crippen LogP contribution in [0.15, 0.2) is 42.5 Å². The summed E-state index contributed by atoms with van der Waals surface area (Å²) in [7, 11) is 1.72. The smallest absolute Gasteiger partial charge is 0.303 e. The maximum Gasteiger partial charge on any atom is 0.303 e. The molecule has 0 bridgehead atoms. The Morgan fingerprint density at radius 1 is 1.17 bits per heavy atom. The highest BCUT2D eigenvalue weighted by Gasteiger charge is 2.31. The molecule has 158 valence electrons. The Morgan fingerprint density at radius 3 is 2.43 bits per heavy atom. The van der Waals surface area contributed by atoms with E-state index in [4.69, 9.17) is 11.1 Å². The Balaban J connectivity index is 1.88. The lowest BCUT2D eigenvalue weighted by Gasteiger charge is -2.33. The predicted octanol–water partition coefficient (Wildman–Crippen LogP) is 4.17. The summed E-state index contributed by atoms with van der Waals surface area (Å²) in [5.41, 5.74) is 9.78. The number of amides is 1. The normalized spacial score (nSPS) is 17.8. The Hall–Kier alpha value is -3.15. The molecule has 4 N–H and O–H groups in total. The number of fused-ring (bicyclic) bond motifs is 1. The van der Waals surface area contributed by atoms with Crippen LogP contribution in [0.2, 0.25) is 0 Å². The molecule has 0 saturated carbocycles. The molecule has 1 aliphatic rings. The van der Waals surface area contributed by atoms with Crippen molar-refractivity contribution in [3.8, 4) is 0 Å². The summed E-state index contributed by atoms with van der Waals surface area (Å²) in [5, 5.41) is 16.8. The van der Waals surface area contributed by atoms with Crippen molar-refractivity contribution in [1.82, 2.24) is 0 Å². The Kier molecular flexibility index (Phi) is 6.55. The van der Waals surface area contributed by atoms with Gasteiger partial charge in [0, 0.05) is 30.3 Å². The van der Waals surface area contributed by atoms with Crippen molar-refractivity contribution in [3.05, 3.63) is 64.7 Å². The standard InChI is InChI=1S/C24H29N3O3/c1-3-4-20-17(14-22(28)29)7-5-15-6-8-18(13-21(15)20)24(30)27(2)19-11-9-16(10-12-19)23(25)26/h6,8-13,17,20H,3-5,7,14H2,1-2H3,(H3,25,26)(H,28,29). The summed E-state index contributed by atoms with van der Waals surface area (Å²) < 4.78 is 0. The number of amidine groups is 1. The molecule has 2 aromatic rings. The van der Waals surface area contributed by atoms with Gasteiger partial charge in [-0.2, -0.15) is 0 Å². The van der Waals surface area contributed by atoms with E-state index in [-0.39, 0.29) is 30.0 Å². The van der Waals surface area contributed by atoms with Crippen LogP contribution >= 0.6 is 0 Å². The van der Waals surface area contributed by atoms with Gasteiger partial charge >= 0.3 is 5.97 Å². The molecule has 0 fully saturated rings. The van der Waals surface area contributed by atoms with Crippen LogP contribution in [-0.4, -0.2) is 29.9 Å². The molecule has 6 nitrogen and oxygen atoms in total. The molecule has 0 saturated heterocycles. The Labute approximate surface area is 177 Å². The molecule has 2 atom stereocenters. The van der Waals surface area contributed by atoms with Gasteiger partial charge in [-0.3, -0.25) is 15.0 Å². The van der Waals surface area contributed by atoms with Gasteiger partial charge in [0.1, 0.15) is 5.84 Å². The summed E-state index contributed by atoms with van der Waals surface area (Å²) in [6.45, 7) is 2.11. The number of nitrogens with zero attached hydrogens (tertiary/aromatic N) is 1. The molecule has 0 aromatic heterocycles. The van der Waals surface area contributed by atoms with E-state index in [1.54, 1.807) is 36.2 Å². The molecule has 1 amide bonds. The highest BCUT2D eigenvalue weighted by molar-refractivity contribution is 6.06. The van der Waals surface area contributed by atoms with E-state index in [0.717, 1.165) is 36.9 Å². The van der Waals surface area contributed by atoms with Gasteiger partial charge in [-0.05, 0) is 78.6 Å². The van der Waals surface area contributed by atoms with Gasteiger partial charge in [-0.15, -0.1) is 0 Å². The first-order chi connectivity index (χ1) is 14.3. The molecule has 0 radical (unpaired) electrons. The average Bonchev–Trinajstić information content (AvgIpc) is 2.73. The van der Waals surface area contributed by atoms with Crippen LogP contribution in [0.1, 0.15) is 65.6 Å². The Bertz CT molecular complexity index is 953. The maximum atomic E-state index is 13.1. The largest absolute Gasteiger partial charge is 0.481 e. The number of nitrogens with two attached hydrogens (primary N) is 1. The van der Waals surface area contributed by atoms with Crippen molar-refractivity contribution in [2.24, 2.45) is 11.7 Å². The number of carbonyl (C=O) groups excluding carboxylic acids is 1. The van der Waals surface area contributed by atoms with E-state index >= 15 is 0 Å². The van der Waals surface area contributed by atoms with Crippen LogP contribution in [0.25, 0.3) is 0 Å². The van der Waals surface area contributed by atoms with Gasteiger partial charge in [0.25, 0.3) is 5.91 Å². The fourth-order valence-electron chi connectivity index (χ4n) is 4.44. The lowest BCUT2D eigenvalue weighted by Crippen LogP contribution is -2.28. The number of benzene rings is 2. The van der Waals surface area contributed by atoms with Crippen LogP contribution < -0.4 is 10.6 Å². The molecule has 30 heavy (non-hydrogen) atoms. The summed E-state index contributed by atoms with van der Waals surface area (Å²) in [5.74, 6) is -0.613. The van der Waals surface area contributed by atoms with Crippen LogP contribution in [-0.2, 0) is 11.2 Å². The number of carboxylic acids is 1. The van der Waals surface area contributed by atoms with E-state index in [2.05, 4.69) is 6.92 Å². The van der Waals surface area contributed by atoms with Gasteiger partial charge < -0.3 is 15.7 Å². The summed E-state index contributed by atoms with van der Waals surface area (Å²) in [6, 6.07) is 12.8. The number of carbonyl (C=O) groups is 2. The number of carboxylic acid groups (broad SMARTS) is 1. The lowest BCUT2D eigenvalue weighted by atomic mass is 9.71. The SMILES string of the molecule is CCCC1c2cc(C(=O)N(C)c3ccc(C(=N)N)cc3)ccc2CCC1CC(=O)O. The fraction of sp³-hybridized carbons (Fsp3) is 0.375. The molecule has 0 heterocycles. The first-order valence-electron chi connectivity index (χ1n) is 10.4. The number of hydrogen-bond donors (Lipinski definition) is 3. The minimum atomic E-state index is -0.759. The Morgan fingerprint density at radius 2 is 1.83 bits per heavy atom. The zero-order valence-electron chi connectivity index (χ0n) is 17.5. The van der Waals surface area contributed by atoms with Crippen molar-refractivity contribution >= 4 is 23.4 Å². The van der Waals surface area contributed by atoms with Crippen LogP contribution in [0.5, 0.6) is 0 Å². The van der Waals surface area contributed by atoms with Gasteiger partial charge in [0.05, 0.1) is 0 Å². The molecule has 1 aliphatic carbocycles. The molecule has 6 heteroatoms. The van der Waals surface area contributed by atoms with Crippen molar-refractivity contribution < 1.29 is 14.7 Å². The third-order valence-electron chi connectivity index (χ3n) is 6.05. The fourth-order valence-corrected chi connectivity index (χ4v) is 4.44. The first kappa shape index (κ1) is 21.6. The van der Waals surface area contributed by atoms with Crippen molar-refractivity contribution in [2.75, 3.05) is 11.9 Å². The first-order valence-corrected chi connectivity index (χ1v) is 10.4. The minimum absolute atomic E-state index is 0.0110. The third-order valence-corrected chi connectivity index (χ3v) is 6.05. The van der Waals surface area contributed by atoms with E-state index in [1.165, 1.54) is 5.56 Å². The molecular formula is C24H29N3O3. The minimum Gasteiger partial charge on any atom is -0.481 e. The predicted molar refractivity (Wildman–Crippen MR) is 118 cm³/mol. The molecule has 0 spiro atoms. The van der Waals surface area contributed by atoms with Crippen LogP contribution in [0.4, 0.5) is 5.69 Å². The monoisotopic (exact) mass is 407 g/mol. The number of nitrogen functional groups attached to an aromatic ring is 1. The highest BCUT2D eigenvalue weighted by Crippen LogP contribution is 2.41. The van der Waals surface area contributed by atoms with Crippen LogP contribution in [0, 0.1) is 11.3 Å². The molecule has 3 rings (SSSR count). The van der Waals surface area contributed by atoms with Gasteiger partial charge in [-0.1, -0.05) is 19.4 Å². The second-order valence-electron chi connectivity index (χ2n) is 8.03. The van der Waals surface area contributed by atoms with E-state index in [1.807, 2.05) is 18.2 Å². The quantitative estimate of drug-likeness (QED) is 0.473. The van der Waals surface area contributed by atoms with E-state index in [0.29, 0.717) is 11.1 Å². The van der Waals surface area contributed by atoms with Crippen molar-refractivity contribution in [1.29, 1.82) is 5.41 Å². The van der Waals surface area contributed by atoms with Gasteiger partial charge in [0.2, 0.25) is 0 Å². The molecule has 2 unspecified atom stereocenters. The second-order valence-corrected chi connectivity index (χ2v) is 8.03. The highest BCUT2D eigenvalue weighted by atomic mass is 16.4. The van der Waals surface area contributed by atoms with Crippen molar-refractivity contribution in [2.45, 2.75) is 44.9 Å². The van der Waals surface area contributed by atoms with E-state index < -0.39 is 5.97 Å². The number of hydrogen-bond acceptors (Lipinski definition) is 3. The number of aryl methyl sites for hydroxylation is 1. The number of rotatable bonds is 7. The second kappa shape index (κ2) is 9.11. The zero-order valence-corrected chi connectivity index (χ0v) is 17.5. The molecule has 2 aromatic carbocycles. The van der Waals surface area contributed by atoms with Crippen LogP contribution in [0.3, 0.4) is 0 Å². The number of anilines is 1. The van der Waals surface area contributed by atoms with Gasteiger partial charge in [0.15, 0.2) is 0 Å². The summed E-state index contributed by atoms with van der Waals surface area (Å²) in [4.78, 5) is 26.1. The average molecular weight is 408 g/mol. The van der Waals surface area contributed by atoms with Gasteiger partial charge in [-0.25, -0.2) is 0 Å². The third kappa shape index (κ3) is 4.53. The summed E-state index contributed by atoms with van der Waals surface area (Å²) >= 11 is 0. The van der Waals surface area contributed by atoms with E-state index in [9.17, 15) is 14.7 Å². The lowest BCUT2D eigenvalue weighted by molar-refractivity contribution is -0.138. The van der Waals surface area contributed by atoms with Crippen molar-refractivity contribution in [3.63, 3.8) is 0 Å². The number of aliphatic carboxylic acids is 1. The molecule has 0 aliphatic heterocycles. The summed E-state index contributed by atoms with van der Waals surface area (Å²) in [6.07, 6.45) is 3.79. The zero-order chi connectivity index (χ0) is 21.8. The molecular weight excluding hydrogens is 378 g/mol.